The second kappa shape index (κ2) is 5.78. The topological polar surface area (TPSA) is 69.3 Å². The third-order valence-electron chi connectivity index (χ3n) is 5.14. The smallest absolute Gasteiger partial charge is 0.253 e. The van der Waals surface area contributed by atoms with E-state index in [0.29, 0.717) is 24.6 Å². The van der Waals surface area contributed by atoms with Crippen molar-refractivity contribution in [3.63, 3.8) is 0 Å². The van der Waals surface area contributed by atoms with Crippen LogP contribution in [0.15, 0.2) is 36.7 Å². The average Bonchev–Trinajstić information content (AvgIpc) is 3.27. The monoisotopic (exact) mass is 324 g/mol. The predicted molar refractivity (Wildman–Crippen MR) is 89.2 cm³/mol. The van der Waals surface area contributed by atoms with E-state index in [0.717, 1.165) is 24.4 Å². The zero-order chi connectivity index (χ0) is 16.7. The van der Waals surface area contributed by atoms with Gasteiger partial charge in [0, 0.05) is 50.2 Å². The summed E-state index contributed by atoms with van der Waals surface area (Å²) < 4.78 is 0. The molecule has 0 spiro atoms. The van der Waals surface area contributed by atoms with Crippen LogP contribution < -0.4 is 0 Å². The van der Waals surface area contributed by atoms with E-state index < -0.39 is 0 Å². The minimum Gasteiger partial charge on any atom is -0.345 e. The Hall–Kier alpha value is -2.63. The van der Waals surface area contributed by atoms with Crippen molar-refractivity contribution in [2.45, 2.75) is 6.42 Å². The lowest BCUT2D eigenvalue weighted by Gasteiger charge is -2.30. The van der Waals surface area contributed by atoms with E-state index in [1.807, 2.05) is 36.2 Å². The van der Waals surface area contributed by atoms with Crippen molar-refractivity contribution in [2.24, 2.45) is 11.8 Å². The van der Waals surface area contributed by atoms with Crippen molar-refractivity contribution < 1.29 is 9.59 Å². The lowest BCUT2D eigenvalue weighted by atomic mass is 9.88. The lowest BCUT2D eigenvalue weighted by Crippen LogP contribution is -2.42. The number of imidazole rings is 1. The molecule has 2 saturated heterocycles. The van der Waals surface area contributed by atoms with E-state index in [-0.39, 0.29) is 17.7 Å². The fourth-order valence-corrected chi connectivity index (χ4v) is 3.77. The molecule has 6 nitrogen and oxygen atoms in total. The SMILES string of the molecule is CN1CC[C@@H]2CN(C(=O)c3cccc(-c4ncc[nH]4)c3)C[C@@H]2C1=O. The summed E-state index contributed by atoms with van der Waals surface area (Å²) in [4.78, 5) is 36.1. The van der Waals surface area contributed by atoms with Gasteiger partial charge in [0.15, 0.2) is 0 Å². The van der Waals surface area contributed by atoms with E-state index in [1.54, 1.807) is 17.3 Å². The molecule has 0 unspecified atom stereocenters. The van der Waals surface area contributed by atoms with Gasteiger partial charge in [-0.05, 0) is 24.5 Å². The molecular formula is C18H20N4O2. The van der Waals surface area contributed by atoms with Crippen LogP contribution in [-0.2, 0) is 4.79 Å². The first-order valence-corrected chi connectivity index (χ1v) is 8.27. The van der Waals surface area contributed by atoms with Crippen LogP contribution in [0.3, 0.4) is 0 Å². The molecule has 0 radical (unpaired) electrons. The fraction of sp³-hybridized carbons (Fsp3) is 0.389. The molecule has 4 rings (SSSR count). The molecule has 1 aromatic carbocycles. The maximum absolute atomic E-state index is 12.9. The molecular weight excluding hydrogens is 304 g/mol. The standard InChI is InChI=1S/C18H20N4O2/c1-21-8-5-14-10-22(11-15(14)18(21)24)17(23)13-4-2-3-12(9-13)16-19-6-7-20-16/h2-4,6-7,9,14-15H,5,8,10-11H2,1H3,(H,19,20)/t14-,15+/m1/s1. The number of H-pyrrole nitrogens is 1. The number of aromatic amines is 1. The van der Waals surface area contributed by atoms with E-state index in [9.17, 15) is 9.59 Å². The van der Waals surface area contributed by atoms with Crippen molar-refractivity contribution in [1.82, 2.24) is 19.8 Å². The van der Waals surface area contributed by atoms with Gasteiger partial charge in [0.25, 0.3) is 5.91 Å². The van der Waals surface area contributed by atoms with Crippen molar-refractivity contribution in [3.8, 4) is 11.4 Å². The third-order valence-corrected chi connectivity index (χ3v) is 5.14. The van der Waals surface area contributed by atoms with Crippen LogP contribution in [0.5, 0.6) is 0 Å². The number of carbonyl (C=O) groups excluding carboxylic acids is 2. The molecule has 124 valence electrons. The number of benzene rings is 1. The van der Waals surface area contributed by atoms with Crippen molar-refractivity contribution in [3.05, 3.63) is 42.2 Å². The summed E-state index contributed by atoms with van der Waals surface area (Å²) in [5, 5.41) is 0. The average molecular weight is 324 g/mol. The van der Waals surface area contributed by atoms with Crippen molar-refractivity contribution >= 4 is 11.8 Å². The number of nitrogens with one attached hydrogen (secondary N) is 1. The van der Waals surface area contributed by atoms with E-state index >= 15 is 0 Å². The molecule has 2 aliphatic rings. The molecule has 2 fully saturated rings. The first-order valence-electron chi connectivity index (χ1n) is 8.27. The Labute approximate surface area is 140 Å². The minimum absolute atomic E-state index is 0.00624. The summed E-state index contributed by atoms with van der Waals surface area (Å²) in [5.41, 5.74) is 1.53. The maximum Gasteiger partial charge on any atom is 0.253 e. The van der Waals surface area contributed by atoms with Gasteiger partial charge in [-0.3, -0.25) is 9.59 Å². The largest absolute Gasteiger partial charge is 0.345 e. The molecule has 0 bridgehead atoms. The summed E-state index contributed by atoms with van der Waals surface area (Å²) >= 11 is 0. The number of amides is 2. The summed E-state index contributed by atoms with van der Waals surface area (Å²) in [6, 6.07) is 7.48. The normalized spacial score (nSPS) is 23.5. The number of carbonyl (C=O) groups is 2. The molecule has 2 amide bonds. The van der Waals surface area contributed by atoms with E-state index in [4.69, 9.17) is 0 Å². The van der Waals surface area contributed by atoms with Crippen LogP contribution in [0.25, 0.3) is 11.4 Å². The van der Waals surface area contributed by atoms with Gasteiger partial charge in [0.2, 0.25) is 5.91 Å². The molecule has 0 saturated carbocycles. The van der Waals surface area contributed by atoms with Gasteiger partial charge in [-0.15, -0.1) is 0 Å². The number of hydrogen-bond donors (Lipinski definition) is 1. The first-order chi connectivity index (χ1) is 11.6. The molecule has 3 heterocycles. The van der Waals surface area contributed by atoms with Crippen molar-refractivity contribution in [2.75, 3.05) is 26.7 Å². The number of fused-ring (bicyclic) bond motifs is 1. The molecule has 2 atom stereocenters. The molecule has 1 aromatic heterocycles. The van der Waals surface area contributed by atoms with Crippen molar-refractivity contribution in [1.29, 1.82) is 0 Å². The van der Waals surface area contributed by atoms with Crippen LogP contribution >= 0.6 is 0 Å². The van der Waals surface area contributed by atoms with Gasteiger partial charge >= 0.3 is 0 Å². The Balaban J connectivity index is 1.55. The highest BCUT2D eigenvalue weighted by Gasteiger charge is 2.43. The van der Waals surface area contributed by atoms with Crippen LogP contribution in [-0.4, -0.2) is 58.3 Å². The molecule has 0 aliphatic carbocycles. The Morgan fingerprint density at radius 1 is 1.33 bits per heavy atom. The maximum atomic E-state index is 12.9. The van der Waals surface area contributed by atoms with Crippen LogP contribution in [0.2, 0.25) is 0 Å². The van der Waals surface area contributed by atoms with Gasteiger partial charge in [0.1, 0.15) is 5.82 Å². The second-order valence-electron chi connectivity index (χ2n) is 6.64. The lowest BCUT2D eigenvalue weighted by molar-refractivity contribution is -0.137. The van der Waals surface area contributed by atoms with E-state index in [2.05, 4.69) is 9.97 Å². The van der Waals surface area contributed by atoms with Crippen LogP contribution in [0.1, 0.15) is 16.8 Å². The summed E-state index contributed by atoms with van der Waals surface area (Å²) in [7, 11) is 1.84. The number of nitrogens with zero attached hydrogens (tertiary/aromatic N) is 3. The van der Waals surface area contributed by atoms with Gasteiger partial charge in [0.05, 0.1) is 5.92 Å². The number of aromatic nitrogens is 2. The van der Waals surface area contributed by atoms with Gasteiger partial charge in [-0.2, -0.15) is 0 Å². The zero-order valence-corrected chi connectivity index (χ0v) is 13.6. The summed E-state index contributed by atoms with van der Waals surface area (Å²) in [6.07, 6.45) is 4.43. The fourth-order valence-electron chi connectivity index (χ4n) is 3.77. The number of rotatable bonds is 2. The highest BCUT2D eigenvalue weighted by molar-refractivity contribution is 5.96. The Bertz CT molecular complexity index is 771. The van der Waals surface area contributed by atoms with E-state index in [1.165, 1.54) is 0 Å². The molecule has 1 N–H and O–H groups in total. The number of piperidine rings is 1. The van der Waals surface area contributed by atoms with Gasteiger partial charge < -0.3 is 14.8 Å². The van der Waals surface area contributed by atoms with Gasteiger partial charge in [-0.1, -0.05) is 12.1 Å². The highest BCUT2D eigenvalue weighted by Crippen LogP contribution is 2.32. The zero-order valence-electron chi connectivity index (χ0n) is 13.6. The molecule has 2 aromatic rings. The Morgan fingerprint density at radius 2 is 2.21 bits per heavy atom. The minimum atomic E-state index is -0.0408. The summed E-state index contributed by atoms with van der Waals surface area (Å²) in [6.45, 7) is 1.99. The first kappa shape index (κ1) is 14.9. The third kappa shape index (κ3) is 2.48. The Kier molecular flexibility index (Phi) is 3.59. The van der Waals surface area contributed by atoms with Crippen LogP contribution in [0, 0.1) is 11.8 Å². The molecule has 2 aliphatic heterocycles. The van der Waals surface area contributed by atoms with Crippen LogP contribution in [0.4, 0.5) is 0 Å². The molecule has 24 heavy (non-hydrogen) atoms. The highest BCUT2D eigenvalue weighted by atomic mass is 16.2. The molecule has 6 heteroatoms. The van der Waals surface area contributed by atoms with Gasteiger partial charge in [-0.25, -0.2) is 4.98 Å². The quantitative estimate of drug-likeness (QED) is 0.913. The Morgan fingerprint density at radius 3 is 3.00 bits per heavy atom. The number of hydrogen-bond acceptors (Lipinski definition) is 3. The summed E-state index contributed by atoms with van der Waals surface area (Å²) in [5.74, 6) is 1.17. The predicted octanol–water partition coefficient (Wildman–Crippen LogP) is 1.63. The number of likely N-dealkylation sites (tertiary alicyclic amines) is 2. The second-order valence-corrected chi connectivity index (χ2v) is 6.64.